The number of phosphoric ester groups is 2. The van der Waals surface area contributed by atoms with Gasteiger partial charge >= 0.3 is 39.5 Å². The summed E-state index contributed by atoms with van der Waals surface area (Å²) < 4.78 is 67.6. The second kappa shape index (κ2) is 55.3. The van der Waals surface area contributed by atoms with Gasteiger partial charge in [0.1, 0.15) is 19.3 Å². The third-order valence-corrected chi connectivity index (χ3v) is 15.8. The molecule has 0 aromatic rings. The van der Waals surface area contributed by atoms with Crippen LogP contribution in [0.4, 0.5) is 0 Å². The molecule has 2 unspecified atom stereocenters. The van der Waals surface area contributed by atoms with Gasteiger partial charge in [-0.15, -0.1) is 0 Å². The van der Waals surface area contributed by atoms with E-state index in [4.69, 9.17) is 37.0 Å². The molecule has 5 atom stereocenters. The van der Waals surface area contributed by atoms with E-state index in [9.17, 15) is 43.2 Å². The third-order valence-electron chi connectivity index (χ3n) is 13.9. The number of unbranched alkanes of at least 4 members (excludes halogenated alkanes) is 35. The molecule has 0 radical (unpaired) electrons. The van der Waals surface area contributed by atoms with Gasteiger partial charge in [0.05, 0.1) is 26.4 Å². The van der Waals surface area contributed by atoms with Crippen LogP contribution in [0, 0.1) is 0 Å². The van der Waals surface area contributed by atoms with Crippen LogP contribution in [0.15, 0.2) is 0 Å². The van der Waals surface area contributed by atoms with Gasteiger partial charge in [-0.25, -0.2) is 9.13 Å². The lowest BCUT2D eigenvalue weighted by atomic mass is 10.0. The molecule has 3 N–H and O–H groups in total. The summed E-state index contributed by atoms with van der Waals surface area (Å²) in [6.07, 6.45) is 39.1. The maximum absolute atomic E-state index is 12.9. The quantitative estimate of drug-likeness (QED) is 0.0222. The van der Waals surface area contributed by atoms with Gasteiger partial charge in [0, 0.05) is 25.7 Å². The highest BCUT2D eigenvalue weighted by molar-refractivity contribution is 7.47. The van der Waals surface area contributed by atoms with Gasteiger partial charge < -0.3 is 33.8 Å². The number of phosphoric acid groups is 2. The average molecular weight is 1170 g/mol. The Morgan fingerprint density at radius 3 is 0.747 bits per heavy atom. The first kappa shape index (κ1) is 77.1. The lowest BCUT2D eigenvalue weighted by Crippen LogP contribution is -2.30. The van der Waals surface area contributed by atoms with Gasteiger partial charge in [-0.1, -0.05) is 252 Å². The van der Waals surface area contributed by atoms with E-state index in [1.165, 1.54) is 128 Å². The molecule has 0 aromatic carbocycles. The number of aliphatic hydroxyl groups is 1. The molecule has 0 aliphatic rings. The summed E-state index contributed by atoms with van der Waals surface area (Å²) in [5.74, 6) is -2.15. The normalized spacial score (nSPS) is 14.3. The van der Waals surface area contributed by atoms with E-state index >= 15 is 0 Å². The summed E-state index contributed by atoms with van der Waals surface area (Å²) in [5.41, 5.74) is 0. The molecule has 0 fully saturated rings. The van der Waals surface area contributed by atoms with E-state index in [2.05, 4.69) is 27.7 Å². The number of rotatable bonds is 61. The fourth-order valence-electron chi connectivity index (χ4n) is 8.93. The number of hydrogen-bond donors (Lipinski definition) is 3. The molecule has 0 aromatic heterocycles. The standard InChI is InChI=1S/C60H116O17P2/c1-5-9-13-17-20-23-26-28-31-33-37-41-45-58(63)71-51-56(77-60(65)47-43-39-35-32-29-27-24-21-18-14-10-6-2)53-75-79(68,69)73-49-54(61)48-72-78(66,67)74-52-55(50-70-57(62)44-40-36-16-12-8-4)76-59(64)46-42-38-34-30-25-22-19-15-11-7-3/h54-56,61H,5-53H2,1-4H3,(H,66,67)(H,68,69)/t54-,55+,56+/m0/s1. The maximum atomic E-state index is 12.9. The maximum Gasteiger partial charge on any atom is 0.472 e. The van der Waals surface area contributed by atoms with Gasteiger partial charge in [-0.3, -0.25) is 37.3 Å². The lowest BCUT2D eigenvalue weighted by Gasteiger charge is -2.21. The van der Waals surface area contributed by atoms with E-state index in [1.54, 1.807) is 0 Å². The topological polar surface area (TPSA) is 237 Å². The Labute approximate surface area is 479 Å². The molecule has 0 amide bonds. The van der Waals surface area contributed by atoms with E-state index in [0.717, 1.165) is 96.3 Å². The zero-order valence-electron chi connectivity index (χ0n) is 50.3. The van der Waals surface area contributed by atoms with E-state index in [0.29, 0.717) is 25.7 Å². The first-order valence-electron chi connectivity index (χ1n) is 31.8. The Morgan fingerprint density at radius 1 is 0.304 bits per heavy atom. The SMILES string of the molecule is CCCCCCCCCCCCCCC(=O)OC[C@H](COP(=O)(O)OC[C@@H](O)COP(=O)(O)OC[C@@H](COC(=O)CCCCCCC)OC(=O)CCCCCCCCCCCC)OC(=O)CCCCCCCCCCCCCC. The predicted molar refractivity (Wildman–Crippen MR) is 312 cm³/mol. The molecule has 0 bridgehead atoms. The molecule has 0 spiro atoms. The highest BCUT2D eigenvalue weighted by Crippen LogP contribution is 2.45. The highest BCUT2D eigenvalue weighted by Gasteiger charge is 2.30. The van der Waals surface area contributed by atoms with Gasteiger partial charge in [0.25, 0.3) is 0 Å². The molecular formula is C60H116O17P2. The van der Waals surface area contributed by atoms with Crippen molar-refractivity contribution in [3.8, 4) is 0 Å². The summed E-state index contributed by atoms with van der Waals surface area (Å²) in [6.45, 7) is 4.77. The molecule has 0 saturated heterocycles. The molecule has 468 valence electrons. The van der Waals surface area contributed by atoms with Crippen molar-refractivity contribution in [3.63, 3.8) is 0 Å². The molecule has 0 heterocycles. The van der Waals surface area contributed by atoms with Gasteiger partial charge in [-0.05, 0) is 25.7 Å². The van der Waals surface area contributed by atoms with Crippen LogP contribution in [0.1, 0.15) is 304 Å². The molecule has 17 nitrogen and oxygen atoms in total. The first-order chi connectivity index (χ1) is 38.2. The van der Waals surface area contributed by atoms with Crippen LogP contribution >= 0.6 is 15.6 Å². The average Bonchev–Trinajstić information content (AvgIpc) is 3.42. The summed E-state index contributed by atoms with van der Waals surface area (Å²) in [5, 5.41) is 10.5. The monoisotopic (exact) mass is 1170 g/mol. The van der Waals surface area contributed by atoms with Crippen molar-refractivity contribution in [1.29, 1.82) is 0 Å². The molecule has 0 saturated carbocycles. The van der Waals surface area contributed by atoms with Crippen LogP contribution in [0.5, 0.6) is 0 Å². The zero-order valence-corrected chi connectivity index (χ0v) is 52.1. The number of carbonyl (C=O) groups is 4. The smallest absolute Gasteiger partial charge is 0.462 e. The molecule has 79 heavy (non-hydrogen) atoms. The summed E-state index contributed by atoms with van der Waals surface area (Å²) in [7, 11) is -9.87. The van der Waals surface area contributed by atoms with Crippen molar-refractivity contribution in [2.24, 2.45) is 0 Å². The van der Waals surface area contributed by atoms with Crippen molar-refractivity contribution in [1.82, 2.24) is 0 Å². The van der Waals surface area contributed by atoms with E-state index < -0.39 is 97.5 Å². The lowest BCUT2D eigenvalue weighted by molar-refractivity contribution is -0.161. The minimum Gasteiger partial charge on any atom is -0.462 e. The fraction of sp³-hybridized carbons (Fsp3) is 0.933. The fourth-order valence-corrected chi connectivity index (χ4v) is 10.5. The van der Waals surface area contributed by atoms with Crippen LogP contribution in [-0.2, 0) is 65.4 Å². The number of hydrogen-bond acceptors (Lipinski definition) is 15. The predicted octanol–water partition coefficient (Wildman–Crippen LogP) is 16.4. The molecule has 0 rings (SSSR count). The van der Waals surface area contributed by atoms with Crippen molar-refractivity contribution < 1.29 is 80.2 Å². The van der Waals surface area contributed by atoms with E-state index in [1.807, 2.05) is 0 Å². The van der Waals surface area contributed by atoms with Crippen molar-refractivity contribution >= 4 is 39.5 Å². The number of carbonyl (C=O) groups excluding carboxylic acids is 4. The Bertz CT molecular complexity index is 1540. The van der Waals surface area contributed by atoms with E-state index in [-0.39, 0.29) is 25.7 Å². The highest BCUT2D eigenvalue weighted by atomic mass is 31.2. The Balaban J connectivity index is 5.17. The number of ether oxygens (including phenoxy) is 4. The number of aliphatic hydroxyl groups excluding tert-OH is 1. The second-order valence-electron chi connectivity index (χ2n) is 21.7. The number of esters is 4. The van der Waals surface area contributed by atoms with Crippen LogP contribution < -0.4 is 0 Å². The largest absolute Gasteiger partial charge is 0.472 e. The minimum atomic E-state index is -4.94. The van der Waals surface area contributed by atoms with Gasteiger partial charge in [0.2, 0.25) is 0 Å². The zero-order chi connectivity index (χ0) is 58.3. The third kappa shape index (κ3) is 55.0. The molecule has 0 aliphatic heterocycles. The Hall–Kier alpha value is -1.94. The first-order valence-corrected chi connectivity index (χ1v) is 34.8. The second-order valence-corrected chi connectivity index (χ2v) is 24.6. The van der Waals surface area contributed by atoms with Crippen molar-refractivity contribution in [2.75, 3.05) is 39.6 Å². The van der Waals surface area contributed by atoms with Crippen LogP contribution in [0.25, 0.3) is 0 Å². The summed E-state index contributed by atoms with van der Waals surface area (Å²) in [6, 6.07) is 0. The molecular weight excluding hydrogens is 1050 g/mol. The minimum absolute atomic E-state index is 0.106. The summed E-state index contributed by atoms with van der Waals surface area (Å²) in [4.78, 5) is 71.8. The molecule has 19 heteroatoms. The van der Waals surface area contributed by atoms with Crippen molar-refractivity contribution in [2.45, 2.75) is 322 Å². The van der Waals surface area contributed by atoms with Crippen LogP contribution in [0.2, 0.25) is 0 Å². The Morgan fingerprint density at radius 2 is 0.506 bits per heavy atom. The molecule has 0 aliphatic carbocycles. The van der Waals surface area contributed by atoms with Crippen molar-refractivity contribution in [3.05, 3.63) is 0 Å². The van der Waals surface area contributed by atoms with Crippen LogP contribution in [-0.4, -0.2) is 96.7 Å². The Kier molecular flexibility index (Phi) is 53.9. The summed E-state index contributed by atoms with van der Waals surface area (Å²) >= 11 is 0. The van der Waals surface area contributed by atoms with Gasteiger partial charge in [-0.2, -0.15) is 0 Å². The van der Waals surface area contributed by atoms with Crippen LogP contribution in [0.3, 0.4) is 0 Å². The van der Waals surface area contributed by atoms with Gasteiger partial charge in [0.15, 0.2) is 12.2 Å².